The molecule has 6 heteroatoms. The van der Waals surface area contributed by atoms with Crippen molar-refractivity contribution in [3.05, 3.63) is 0 Å². The van der Waals surface area contributed by atoms with Crippen LogP contribution in [0, 0.1) is 17.8 Å². The summed E-state index contributed by atoms with van der Waals surface area (Å²) < 4.78 is 6.19. The molecule has 0 aromatic rings. The molecule has 4 N–H and O–H groups in total. The Morgan fingerprint density at radius 3 is 2.28 bits per heavy atom. The molecule has 170 valence electrons. The molecule has 4 fully saturated rings. The van der Waals surface area contributed by atoms with Gasteiger partial charge in [-0.3, -0.25) is 20.9 Å². The molecule has 2 aliphatic carbocycles. The maximum atomic E-state index is 6.19. The van der Waals surface area contributed by atoms with Crippen LogP contribution in [-0.4, -0.2) is 75.8 Å². The smallest absolute Gasteiger partial charge is 0.112 e. The van der Waals surface area contributed by atoms with Crippen LogP contribution >= 0.6 is 0 Å². The van der Waals surface area contributed by atoms with E-state index in [1.54, 1.807) is 0 Å². The van der Waals surface area contributed by atoms with E-state index in [1.165, 1.54) is 77.5 Å². The zero-order valence-corrected chi connectivity index (χ0v) is 18.6. The van der Waals surface area contributed by atoms with E-state index in [0.717, 1.165) is 44.0 Å². The van der Waals surface area contributed by atoms with Crippen molar-refractivity contribution in [2.75, 3.05) is 52.4 Å². The molecule has 0 aromatic carbocycles. The van der Waals surface area contributed by atoms with E-state index in [2.05, 4.69) is 33.1 Å². The average Bonchev–Trinajstić information content (AvgIpc) is 2.77. The molecule has 2 saturated heterocycles. The molecule has 0 bridgehead atoms. The second kappa shape index (κ2) is 11.4. The molecule has 4 aliphatic rings. The van der Waals surface area contributed by atoms with Gasteiger partial charge in [0.15, 0.2) is 0 Å². The van der Waals surface area contributed by atoms with Crippen LogP contribution in [0.5, 0.6) is 0 Å². The van der Waals surface area contributed by atoms with Gasteiger partial charge in [0.1, 0.15) is 6.29 Å². The fourth-order valence-corrected chi connectivity index (χ4v) is 5.81. The maximum absolute atomic E-state index is 6.19. The molecule has 6 nitrogen and oxygen atoms in total. The number of hydrogen-bond donors (Lipinski definition) is 4. The lowest BCUT2D eigenvalue weighted by Crippen LogP contribution is -2.63. The van der Waals surface area contributed by atoms with Gasteiger partial charge in [-0.15, -0.1) is 0 Å². The number of ether oxygens (including phenoxy) is 1. The largest absolute Gasteiger partial charge is 0.377 e. The first-order valence-electron chi connectivity index (χ1n) is 12.5. The Morgan fingerprint density at radius 2 is 1.59 bits per heavy atom. The van der Waals surface area contributed by atoms with E-state index >= 15 is 0 Å². The first-order valence-corrected chi connectivity index (χ1v) is 12.5. The van der Waals surface area contributed by atoms with E-state index in [9.17, 15) is 0 Å². The Bertz CT molecular complexity index is 455. The maximum Gasteiger partial charge on any atom is 0.112 e. The molecule has 0 unspecified atom stereocenters. The van der Waals surface area contributed by atoms with Crippen molar-refractivity contribution in [1.82, 2.24) is 26.2 Å². The third-order valence-corrected chi connectivity index (χ3v) is 7.94. The number of piperazine rings is 1. The van der Waals surface area contributed by atoms with Crippen LogP contribution in [0.4, 0.5) is 0 Å². The fourth-order valence-electron chi connectivity index (χ4n) is 5.81. The minimum absolute atomic E-state index is 0. The molecular formula is C23H47N5O. The van der Waals surface area contributed by atoms with Crippen molar-refractivity contribution in [2.45, 2.75) is 76.7 Å². The number of nitrogens with one attached hydrogen (secondary N) is 4. The fraction of sp³-hybridized carbons (Fsp3) is 1.00. The molecular weight excluding hydrogens is 362 g/mol. The Kier molecular flexibility index (Phi) is 8.64. The van der Waals surface area contributed by atoms with Gasteiger partial charge in [-0.05, 0) is 56.3 Å². The molecule has 2 saturated carbocycles. The summed E-state index contributed by atoms with van der Waals surface area (Å²) in [4.78, 5) is 2.52. The highest BCUT2D eigenvalue weighted by Crippen LogP contribution is 2.33. The summed E-state index contributed by atoms with van der Waals surface area (Å²) in [5.41, 5.74) is 0. The van der Waals surface area contributed by atoms with E-state index in [4.69, 9.17) is 4.74 Å². The zero-order valence-electron chi connectivity index (χ0n) is 18.6. The molecule has 2 aliphatic heterocycles. The first kappa shape index (κ1) is 22.0. The molecule has 0 amide bonds. The minimum Gasteiger partial charge on any atom is -0.377 e. The van der Waals surface area contributed by atoms with Gasteiger partial charge in [0, 0.05) is 53.3 Å². The number of rotatable bonds is 7. The van der Waals surface area contributed by atoms with Crippen molar-refractivity contribution in [1.29, 1.82) is 0 Å². The summed E-state index contributed by atoms with van der Waals surface area (Å²) in [6.45, 7) is 11.3. The van der Waals surface area contributed by atoms with Gasteiger partial charge < -0.3 is 10.1 Å². The van der Waals surface area contributed by atoms with Gasteiger partial charge in [0.25, 0.3) is 0 Å². The first-order chi connectivity index (χ1) is 14.3. The molecule has 0 aromatic heterocycles. The Hall–Kier alpha value is -0.240. The highest BCUT2D eigenvalue weighted by atomic mass is 16.5. The molecule has 2 heterocycles. The second-order valence-electron chi connectivity index (χ2n) is 10.1. The summed E-state index contributed by atoms with van der Waals surface area (Å²) >= 11 is 0. The summed E-state index contributed by atoms with van der Waals surface area (Å²) in [6, 6.07) is 0.625. The van der Waals surface area contributed by atoms with Crippen LogP contribution in [0.1, 0.15) is 59.7 Å². The minimum atomic E-state index is 0. The predicted molar refractivity (Wildman–Crippen MR) is 121 cm³/mol. The summed E-state index contributed by atoms with van der Waals surface area (Å²) in [7, 11) is 0. The van der Waals surface area contributed by atoms with E-state index in [1.807, 2.05) is 0 Å². The van der Waals surface area contributed by atoms with Gasteiger partial charge in [0.05, 0.1) is 12.7 Å². The zero-order chi connectivity index (χ0) is 19.9. The summed E-state index contributed by atoms with van der Waals surface area (Å²) in [6.07, 6.45) is 11.4. The summed E-state index contributed by atoms with van der Waals surface area (Å²) in [5, 5.41) is 14.7. The Morgan fingerprint density at radius 1 is 0.897 bits per heavy atom. The van der Waals surface area contributed by atoms with Crippen molar-refractivity contribution in [2.24, 2.45) is 17.8 Å². The lowest BCUT2D eigenvalue weighted by molar-refractivity contribution is 0.00789. The van der Waals surface area contributed by atoms with Crippen molar-refractivity contribution in [3.63, 3.8) is 0 Å². The Balaban J connectivity index is 0.00000256. The SMILES string of the molecule is CC1CCC(C2CNC(NC3CCC(OCCN4CCNCC4)CC3)NC2)CC1.[HH]. The highest BCUT2D eigenvalue weighted by Gasteiger charge is 2.31. The number of hydrogen-bond acceptors (Lipinski definition) is 6. The van der Waals surface area contributed by atoms with Gasteiger partial charge in [-0.25, -0.2) is 0 Å². The normalized spacial score (nSPS) is 40.0. The molecule has 29 heavy (non-hydrogen) atoms. The van der Waals surface area contributed by atoms with Crippen LogP contribution in [0.3, 0.4) is 0 Å². The van der Waals surface area contributed by atoms with Crippen LogP contribution in [0.25, 0.3) is 0 Å². The Labute approximate surface area is 179 Å². The van der Waals surface area contributed by atoms with Crippen molar-refractivity contribution in [3.8, 4) is 0 Å². The lowest BCUT2D eigenvalue weighted by atomic mass is 9.76. The van der Waals surface area contributed by atoms with Gasteiger partial charge in [0.2, 0.25) is 0 Å². The molecule has 0 radical (unpaired) electrons. The topological polar surface area (TPSA) is 60.6 Å². The van der Waals surface area contributed by atoms with Crippen LogP contribution in [0.2, 0.25) is 0 Å². The van der Waals surface area contributed by atoms with Crippen LogP contribution in [-0.2, 0) is 4.74 Å². The third-order valence-electron chi connectivity index (χ3n) is 7.94. The average molecular weight is 410 g/mol. The quantitative estimate of drug-likeness (QED) is 0.516. The van der Waals surface area contributed by atoms with Gasteiger partial charge in [-0.1, -0.05) is 19.8 Å². The van der Waals surface area contributed by atoms with Gasteiger partial charge >= 0.3 is 0 Å². The van der Waals surface area contributed by atoms with Crippen molar-refractivity contribution < 1.29 is 6.16 Å². The number of nitrogens with zero attached hydrogens (tertiary/aromatic N) is 1. The van der Waals surface area contributed by atoms with E-state index in [0.29, 0.717) is 18.4 Å². The molecule has 4 rings (SSSR count). The standard InChI is InChI=1S/C23H45N5O.H2/c1-18-2-4-19(5-3-18)20-16-25-23(26-17-20)27-21-6-8-22(9-7-21)29-15-14-28-12-10-24-11-13-28;/h18-27H,2-17H2,1H3;1H. The predicted octanol–water partition coefficient (Wildman–Crippen LogP) is 1.97. The monoisotopic (exact) mass is 409 g/mol. The second-order valence-corrected chi connectivity index (χ2v) is 10.1. The molecule has 0 spiro atoms. The van der Waals surface area contributed by atoms with Crippen molar-refractivity contribution >= 4 is 0 Å². The third kappa shape index (κ3) is 6.88. The van der Waals surface area contributed by atoms with Crippen LogP contribution < -0.4 is 21.3 Å². The van der Waals surface area contributed by atoms with E-state index in [-0.39, 0.29) is 1.43 Å². The lowest BCUT2D eigenvalue weighted by Gasteiger charge is -2.40. The van der Waals surface area contributed by atoms with Gasteiger partial charge in [-0.2, -0.15) is 0 Å². The van der Waals surface area contributed by atoms with E-state index < -0.39 is 0 Å². The molecule has 0 atom stereocenters. The summed E-state index contributed by atoms with van der Waals surface area (Å²) in [5.74, 6) is 2.70. The van der Waals surface area contributed by atoms with Crippen LogP contribution in [0.15, 0.2) is 0 Å². The highest BCUT2D eigenvalue weighted by molar-refractivity contribution is 4.86.